The Bertz CT molecular complexity index is 573. The molecule has 1 atom stereocenters. The normalized spacial score (nSPS) is 22.2. The summed E-state index contributed by atoms with van der Waals surface area (Å²) in [5.41, 5.74) is -0.780. The molecule has 0 saturated carbocycles. The van der Waals surface area contributed by atoms with Crippen molar-refractivity contribution < 1.29 is 14.7 Å². The number of carbonyl (C=O) groups is 2. The van der Waals surface area contributed by atoms with Crippen LogP contribution in [0.15, 0.2) is 23.1 Å². The molecule has 20 heavy (non-hydrogen) atoms. The molecule has 1 aliphatic heterocycles. The van der Waals surface area contributed by atoms with E-state index in [4.69, 9.17) is 0 Å². The molecule has 1 fully saturated rings. The van der Waals surface area contributed by atoms with E-state index in [1.165, 1.54) is 18.3 Å². The maximum absolute atomic E-state index is 12.3. The fourth-order valence-electron chi connectivity index (χ4n) is 2.63. The number of carbonyl (C=O) groups excluding carboxylic acids is 1. The molecule has 0 aliphatic carbocycles. The molecule has 0 spiro atoms. The van der Waals surface area contributed by atoms with Crippen molar-refractivity contribution in [3.05, 3.63) is 34.2 Å². The van der Waals surface area contributed by atoms with Gasteiger partial charge < -0.3 is 15.0 Å². The van der Waals surface area contributed by atoms with Crippen molar-refractivity contribution in [1.29, 1.82) is 0 Å². The van der Waals surface area contributed by atoms with Crippen LogP contribution in [0.25, 0.3) is 0 Å². The first-order chi connectivity index (χ1) is 9.36. The third-order valence-electron chi connectivity index (χ3n) is 4.15. The number of aliphatic carboxylic acids is 1. The van der Waals surface area contributed by atoms with E-state index < -0.39 is 11.4 Å². The van der Waals surface area contributed by atoms with E-state index in [9.17, 15) is 19.5 Å². The van der Waals surface area contributed by atoms with Crippen molar-refractivity contribution >= 4 is 11.9 Å². The van der Waals surface area contributed by atoms with E-state index in [2.05, 4.69) is 4.98 Å². The molecule has 0 aromatic carbocycles. The number of carboxylic acids is 1. The molecule has 2 N–H and O–H groups in total. The Morgan fingerprint density at radius 2 is 2.10 bits per heavy atom. The van der Waals surface area contributed by atoms with Crippen LogP contribution in [-0.2, 0) is 4.79 Å². The minimum atomic E-state index is -0.877. The lowest BCUT2D eigenvalue weighted by atomic mass is 9.76. The first-order valence-electron chi connectivity index (χ1n) is 6.58. The average Bonchev–Trinajstić information content (AvgIpc) is 2.85. The topological polar surface area (TPSA) is 90.5 Å². The van der Waals surface area contributed by atoms with Gasteiger partial charge in [-0.15, -0.1) is 0 Å². The number of hydrogen-bond donors (Lipinski definition) is 2. The summed E-state index contributed by atoms with van der Waals surface area (Å²) in [5, 5.41) is 9.46. The Morgan fingerprint density at radius 1 is 1.40 bits per heavy atom. The van der Waals surface area contributed by atoms with Gasteiger partial charge in [-0.1, -0.05) is 13.8 Å². The fraction of sp³-hybridized carbons (Fsp3) is 0.500. The highest BCUT2D eigenvalue weighted by Crippen LogP contribution is 2.38. The molecule has 6 nitrogen and oxygen atoms in total. The van der Waals surface area contributed by atoms with Gasteiger partial charge in [0.25, 0.3) is 5.91 Å². The van der Waals surface area contributed by atoms with Crippen molar-refractivity contribution in [2.75, 3.05) is 13.1 Å². The molecule has 1 amide bonds. The summed E-state index contributed by atoms with van der Waals surface area (Å²) in [5.74, 6) is -1.15. The Kier molecular flexibility index (Phi) is 3.65. The van der Waals surface area contributed by atoms with Gasteiger partial charge in [0, 0.05) is 25.4 Å². The first kappa shape index (κ1) is 14.3. The monoisotopic (exact) mass is 278 g/mol. The summed E-state index contributed by atoms with van der Waals surface area (Å²) in [4.78, 5) is 38.8. The van der Waals surface area contributed by atoms with Crippen LogP contribution in [0, 0.1) is 11.3 Å². The molecular formula is C14H18N2O4. The van der Waals surface area contributed by atoms with Gasteiger partial charge in [-0.05, 0) is 18.4 Å². The van der Waals surface area contributed by atoms with Crippen molar-refractivity contribution in [1.82, 2.24) is 9.88 Å². The van der Waals surface area contributed by atoms with Crippen LogP contribution in [0.1, 0.15) is 30.6 Å². The number of H-pyrrole nitrogens is 1. The van der Waals surface area contributed by atoms with E-state index in [1.807, 2.05) is 13.8 Å². The van der Waals surface area contributed by atoms with Gasteiger partial charge in [0.2, 0.25) is 5.56 Å². The lowest BCUT2D eigenvalue weighted by molar-refractivity contribution is -0.150. The Balaban J connectivity index is 2.20. The highest BCUT2D eigenvalue weighted by Gasteiger charge is 2.48. The zero-order chi connectivity index (χ0) is 14.9. The number of likely N-dealkylation sites (tertiary alicyclic amines) is 1. The van der Waals surface area contributed by atoms with Crippen molar-refractivity contribution in [2.24, 2.45) is 11.3 Å². The van der Waals surface area contributed by atoms with Crippen LogP contribution in [0.3, 0.4) is 0 Å². The van der Waals surface area contributed by atoms with Gasteiger partial charge in [-0.3, -0.25) is 14.4 Å². The van der Waals surface area contributed by atoms with Gasteiger partial charge >= 0.3 is 5.97 Å². The lowest BCUT2D eigenvalue weighted by Gasteiger charge is -2.28. The number of nitrogens with one attached hydrogen (secondary N) is 1. The van der Waals surface area contributed by atoms with E-state index in [0.717, 1.165) is 0 Å². The van der Waals surface area contributed by atoms with Gasteiger partial charge in [-0.25, -0.2) is 0 Å². The van der Waals surface area contributed by atoms with E-state index in [-0.39, 0.29) is 23.9 Å². The van der Waals surface area contributed by atoms with Crippen LogP contribution in [0.5, 0.6) is 0 Å². The summed E-state index contributed by atoms with van der Waals surface area (Å²) in [7, 11) is 0. The number of aromatic nitrogens is 1. The van der Waals surface area contributed by atoms with Crippen LogP contribution >= 0.6 is 0 Å². The summed E-state index contributed by atoms with van der Waals surface area (Å²) in [6, 6.07) is 2.74. The lowest BCUT2D eigenvalue weighted by Crippen LogP contribution is -2.40. The Hall–Kier alpha value is -2.11. The standard InChI is InChI=1S/C14H18N2O4/c1-9(2)14(13(19)20)5-6-16(8-14)12(18)10-3-4-11(17)15-7-10/h3-4,7,9H,5-6,8H2,1-2H3,(H,15,17)(H,19,20). The highest BCUT2D eigenvalue weighted by atomic mass is 16.4. The number of amides is 1. The Labute approximate surface area is 116 Å². The maximum Gasteiger partial charge on any atom is 0.311 e. The molecule has 6 heteroatoms. The Morgan fingerprint density at radius 3 is 2.55 bits per heavy atom. The quantitative estimate of drug-likeness (QED) is 0.861. The smallest absolute Gasteiger partial charge is 0.311 e. The van der Waals surface area contributed by atoms with Gasteiger partial charge in [-0.2, -0.15) is 0 Å². The van der Waals surface area contributed by atoms with Gasteiger partial charge in [0.15, 0.2) is 0 Å². The second-order valence-corrected chi connectivity index (χ2v) is 5.53. The molecule has 1 aromatic heterocycles. The molecule has 108 valence electrons. The minimum Gasteiger partial charge on any atom is -0.481 e. The van der Waals surface area contributed by atoms with Crippen molar-refractivity contribution in [3.8, 4) is 0 Å². The zero-order valence-corrected chi connectivity index (χ0v) is 11.5. The number of pyridine rings is 1. The highest BCUT2D eigenvalue weighted by molar-refractivity contribution is 5.94. The van der Waals surface area contributed by atoms with Crippen LogP contribution in [0.4, 0.5) is 0 Å². The molecule has 0 bridgehead atoms. The summed E-state index contributed by atoms with van der Waals surface area (Å²) < 4.78 is 0. The number of aromatic amines is 1. The molecule has 2 rings (SSSR count). The second-order valence-electron chi connectivity index (χ2n) is 5.53. The molecule has 2 heterocycles. The van der Waals surface area contributed by atoms with Crippen molar-refractivity contribution in [3.63, 3.8) is 0 Å². The molecular weight excluding hydrogens is 260 g/mol. The first-order valence-corrected chi connectivity index (χ1v) is 6.58. The van der Waals surface area contributed by atoms with E-state index in [0.29, 0.717) is 18.5 Å². The van der Waals surface area contributed by atoms with Gasteiger partial charge in [0.1, 0.15) is 0 Å². The zero-order valence-electron chi connectivity index (χ0n) is 11.5. The number of hydrogen-bond acceptors (Lipinski definition) is 3. The van der Waals surface area contributed by atoms with Crippen LogP contribution in [0.2, 0.25) is 0 Å². The van der Waals surface area contributed by atoms with Crippen LogP contribution < -0.4 is 5.56 Å². The van der Waals surface area contributed by atoms with Crippen molar-refractivity contribution in [2.45, 2.75) is 20.3 Å². The van der Waals surface area contributed by atoms with Crippen LogP contribution in [-0.4, -0.2) is 40.0 Å². The predicted molar refractivity (Wildman–Crippen MR) is 72.5 cm³/mol. The predicted octanol–water partition coefficient (Wildman–Crippen LogP) is 0.948. The summed E-state index contributed by atoms with van der Waals surface area (Å²) in [6.45, 7) is 4.35. The number of nitrogens with zero attached hydrogens (tertiary/aromatic N) is 1. The number of rotatable bonds is 3. The maximum atomic E-state index is 12.3. The molecule has 1 aromatic rings. The van der Waals surface area contributed by atoms with E-state index in [1.54, 1.807) is 4.90 Å². The largest absolute Gasteiger partial charge is 0.481 e. The minimum absolute atomic E-state index is 0.0478. The molecule has 1 unspecified atom stereocenters. The van der Waals surface area contributed by atoms with E-state index >= 15 is 0 Å². The molecule has 0 radical (unpaired) electrons. The average molecular weight is 278 g/mol. The molecule has 1 aliphatic rings. The third-order valence-corrected chi connectivity index (χ3v) is 4.15. The number of carboxylic acid groups (broad SMARTS) is 1. The SMILES string of the molecule is CC(C)C1(C(=O)O)CCN(C(=O)c2ccc(=O)[nH]c2)C1. The molecule has 1 saturated heterocycles. The fourth-order valence-corrected chi connectivity index (χ4v) is 2.63. The summed E-state index contributed by atoms with van der Waals surface area (Å²) >= 11 is 0. The summed E-state index contributed by atoms with van der Waals surface area (Å²) in [6.07, 6.45) is 1.82. The van der Waals surface area contributed by atoms with Gasteiger partial charge in [0.05, 0.1) is 11.0 Å². The second kappa shape index (κ2) is 5.11. The third kappa shape index (κ3) is 2.33.